The van der Waals surface area contributed by atoms with Crippen molar-refractivity contribution in [3.05, 3.63) is 35.5 Å². The van der Waals surface area contributed by atoms with E-state index >= 15 is 0 Å². The second kappa shape index (κ2) is 5.36. The average Bonchev–Trinajstić information content (AvgIpc) is 2.64. The fourth-order valence-electron chi connectivity index (χ4n) is 1.78. The molecule has 0 saturated carbocycles. The molecule has 0 radical (unpaired) electrons. The molecule has 0 amide bonds. The van der Waals surface area contributed by atoms with Crippen molar-refractivity contribution in [2.45, 2.75) is 16.8 Å². The van der Waals surface area contributed by atoms with Crippen LogP contribution in [0.3, 0.4) is 0 Å². The molecule has 0 fully saturated rings. The Kier molecular flexibility index (Phi) is 3.80. The SMILES string of the molecule is COc1cccc(Sc2c(C(=O)O)c(C)nn2C)c1. The number of carboxylic acids is 1. The standard InChI is InChI=1S/C13H14N2O3S/c1-8-11(13(16)17)12(15(2)14-8)19-10-6-4-5-9(7-10)18-3/h4-7H,1-3H3,(H,16,17). The van der Waals surface area contributed by atoms with Crippen molar-refractivity contribution >= 4 is 17.7 Å². The molecule has 100 valence electrons. The summed E-state index contributed by atoms with van der Waals surface area (Å²) in [5.41, 5.74) is 0.760. The molecule has 1 N–H and O–H groups in total. The summed E-state index contributed by atoms with van der Waals surface area (Å²) in [5.74, 6) is -0.225. The molecule has 6 heteroatoms. The van der Waals surface area contributed by atoms with Crippen LogP contribution in [0.2, 0.25) is 0 Å². The minimum Gasteiger partial charge on any atom is -0.497 e. The number of nitrogens with zero attached hydrogens (tertiary/aromatic N) is 2. The number of aromatic nitrogens is 2. The van der Waals surface area contributed by atoms with E-state index in [0.717, 1.165) is 10.6 Å². The number of methoxy groups -OCH3 is 1. The summed E-state index contributed by atoms with van der Waals surface area (Å²) in [7, 11) is 3.34. The molecule has 1 aromatic carbocycles. The number of aryl methyl sites for hydroxylation is 2. The van der Waals surface area contributed by atoms with E-state index in [2.05, 4.69) is 5.10 Å². The van der Waals surface area contributed by atoms with Gasteiger partial charge in [0, 0.05) is 11.9 Å². The smallest absolute Gasteiger partial charge is 0.340 e. The van der Waals surface area contributed by atoms with E-state index < -0.39 is 5.97 Å². The van der Waals surface area contributed by atoms with Crippen LogP contribution in [0.5, 0.6) is 5.75 Å². The largest absolute Gasteiger partial charge is 0.497 e. The van der Waals surface area contributed by atoms with Gasteiger partial charge in [0.05, 0.1) is 12.8 Å². The van der Waals surface area contributed by atoms with Crippen molar-refractivity contribution in [3.63, 3.8) is 0 Å². The number of aromatic carboxylic acids is 1. The van der Waals surface area contributed by atoms with Crippen molar-refractivity contribution in [1.29, 1.82) is 0 Å². The Morgan fingerprint density at radius 2 is 2.21 bits per heavy atom. The Balaban J connectivity index is 2.40. The Hall–Kier alpha value is -1.95. The lowest BCUT2D eigenvalue weighted by molar-refractivity contribution is 0.0692. The third-order valence-electron chi connectivity index (χ3n) is 2.64. The second-order valence-corrected chi connectivity index (χ2v) is 5.04. The Labute approximate surface area is 115 Å². The van der Waals surface area contributed by atoms with Gasteiger partial charge in [-0.25, -0.2) is 4.79 Å². The predicted octanol–water partition coefficient (Wildman–Crippen LogP) is 2.59. The summed E-state index contributed by atoms with van der Waals surface area (Å²) in [6.45, 7) is 1.69. The summed E-state index contributed by atoms with van der Waals surface area (Å²) in [5, 5.41) is 14.0. The van der Waals surface area contributed by atoms with Gasteiger partial charge in [-0.05, 0) is 25.1 Å². The number of hydrogen-bond donors (Lipinski definition) is 1. The van der Waals surface area contributed by atoms with E-state index in [-0.39, 0.29) is 5.56 Å². The third kappa shape index (κ3) is 2.73. The molecule has 2 aromatic rings. The number of rotatable bonds is 4. The van der Waals surface area contributed by atoms with Crippen LogP contribution in [0.15, 0.2) is 34.2 Å². The lowest BCUT2D eigenvalue weighted by Gasteiger charge is -2.05. The van der Waals surface area contributed by atoms with E-state index in [9.17, 15) is 9.90 Å². The highest BCUT2D eigenvalue weighted by atomic mass is 32.2. The normalized spacial score (nSPS) is 10.5. The van der Waals surface area contributed by atoms with Gasteiger partial charge < -0.3 is 9.84 Å². The van der Waals surface area contributed by atoms with Crippen molar-refractivity contribution in [1.82, 2.24) is 9.78 Å². The zero-order valence-corrected chi connectivity index (χ0v) is 11.7. The molecule has 19 heavy (non-hydrogen) atoms. The Bertz CT molecular complexity index is 622. The molecule has 2 rings (SSSR count). The van der Waals surface area contributed by atoms with Crippen LogP contribution in [0.1, 0.15) is 16.1 Å². The number of hydrogen-bond acceptors (Lipinski definition) is 4. The highest BCUT2D eigenvalue weighted by Gasteiger charge is 2.20. The third-order valence-corrected chi connectivity index (χ3v) is 3.79. The van der Waals surface area contributed by atoms with Gasteiger partial charge in [-0.15, -0.1) is 0 Å². The predicted molar refractivity (Wildman–Crippen MR) is 72.0 cm³/mol. The van der Waals surface area contributed by atoms with Gasteiger partial charge in [-0.2, -0.15) is 5.10 Å². The molecule has 1 heterocycles. The summed E-state index contributed by atoms with van der Waals surface area (Å²) >= 11 is 1.36. The molecule has 1 aromatic heterocycles. The molecule has 0 spiro atoms. The topological polar surface area (TPSA) is 64.3 Å². The molecule has 0 saturated heterocycles. The first-order chi connectivity index (χ1) is 9.02. The van der Waals surface area contributed by atoms with Crippen LogP contribution in [-0.2, 0) is 7.05 Å². The Morgan fingerprint density at radius 3 is 2.84 bits per heavy atom. The summed E-state index contributed by atoms with van der Waals surface area (Å²) in [6.07, 6.45) is 0. The van der Waals surface area contributed by atoms with Crippen molar-refractivity contribution in [2.75, 3.05) is 7.11 Å². The summed E-state index contributed by atoms with van der Waals surface area (Å²) in [4.78, 5) is 12.2. The molecular formula is C13H14N2O3S. The number of carboxylic acid groups (broad SMARTS) is 1. The van der Waals surface area contributed by atoms with Crippen LogP contribution < -0.4 is 4.74 Å². The van der Waals surface area contributed by atoms with Gasteiger partial charge in [0.25, 0.3) is 0 Å². The molecular weight excluding hydrogens is 264 g/mol. The first-order valence-electron chi connectivity index (χ1n) is 5.61. The summed E-state index contributed by atoms with van der Waals surface area (Å²) < 4.78 is 6.74. The van der Waals surface area contributed by atoms with Gasteiger partial charge in [0.15, 0.2) is 0 Å². The molecule has 5 nitrogen and oxygen atoms in total. The average molecular weight is 278 g/mol. The Morgan fingerprint density at radius 1 is 1.47 bits per heavy atom. The van der Waals surface area contributed by atoms with Crippen LogP contribution >= 0.6 is 11.8 Å². The van der Waals surface area contributed by atoms with E-state index in [1.165, 1.54) is 11.8 Å². The minimum atomic E-state index is -0.962. The zero-order valence-electron chi connectivity index (χ0n) is 10.9. The van der Waals surface area contributed by atoms with Crippen LogP contribution in [0, 0.1) is 6.92 Å². The molecule has 0 atom stereocenters. The maximum atomic E-state index is 11.3. The number of carbonyl (C=O) groups is 1. The van der Waals surface area contributed by atoms with Gasteiger partial charge in [-0.3, -0.25) is 4.68 Å². The van der Waals surface area contributed by atoms with E-state index in [1.807, 2.05) is 24.3 Å². The van der Waals surface area contributed by atoms with Gasteiger partial charge in [-0.1, -0.05) is 17.8 Å². The quantitative estimate of drug-likeness (QED) is 0.931. The van der Waals surface area contributed by atoms with Crippen molar-refractivity contribution in [2.24, 2.45) is 7.05 Å². The van der Waals surface area contributed by atoms with Gasteiger partial charge in [0.2, 0.25) is 0 Å². The number of benzene rings is 1. The van der Waals surface area contributed by atoms with Gasteiger partial charge in [0.1, 0.15) is 16.3 Å². The first-order valence-corrected chi connectivity index (χ1v) is 6.43. The monoisotopic (exact) mass is 278 g/mol. The second-order valence-electron chi connectivity index (χ2n) is 3.98. The van der Waals surface area contributed by atoms with Crippen molar-refractivity contribution in [3.8, 4) is 5.75 Å². The van der Waals surface area contributed by atoms with Crippen LogP contribution in [0.25, 0.3) is 0 Å². The molecule has 0 unspecified atom stereocenters. The molecule has 0 aliphatic carbocycles. The molecule has 0 aliphatic heterocycles. The highest BCUT2D eigenvalue weighted by Crippen LogP contribution is 2.33. The minimum absolute atomic E-state index is 0.246. The summed E-state index contributed by atoms with van der Waals surface area (Å²) in [6, 6.07) is 7.47. The lowest BCUT2D eigenvalue weighted by Crippen LogP contribution is -2.00. The van der Waals surface area contributed by atoms with Crippen molar-refractivity contribution < 1.29 is 14.6 Å². The van der Waals surface area contributed by atoms with Crippen LogP contribution in [-0.4, -0.2) is 28.0 Å². The fourth-order valence-corrected chi connectivity index (χ4v) is 2.83. The van der Waals surface area contributed by atoms with E-state index in [4.69, 9.17) is 4.74 Å². The first kappa shape index (κ1) is 13.5. The fraction of sp³-hybridized carbons (Fsp3) is 0.231. The lowest BCUT2D eigenvalue weighted by atomic mass is 10.3. The number of ether oxygens (including phenoxy) is 1. The van der Waals surface area contributed by atoms with Crippen LogP contribution in [0.4, 0.5) is 0 Å². The maximum Gasteiger partial charge on any atom is 0.340 e. The van der Waals surface area contributed by atoms with E-state index in [1.54, 1.807) is 25.8 Å². The van der Waals surface area contributed by atoms with E-state index in [0.29, 0.717) is 10.7 Å². The molecule has 0 bridgehead atoms. The maximum absolute atomic E-state index is 11.3. The highest BCUT2D eigenvalue weighted by molar-refractivity contribution is 7.99. The zero-order chi connectivity index (χ0) is 14.0. The van der Waals surface area contributed by atoms with Gasteiger partial charge >= 0.3 is 5.97 Å². The molecule has 0 aliphatic rings.